The van der Waals surface area contributed by atoms with Crippen molar-refractivity contribution in [3.05, 3.63) is 81.1 Å². The van der Waals surface area contributed by atoms with E-state index in [0.29, 0.717) is 41.5 Å². The number of halogens is 1. The first-order valence-electron chi connectivity index (χ1n) is 11.2. The van der Waals surface area contributed by atoms with Crippen LogP contribution in [0, 0.1) is 6.92 Å². The van der Waals surface area contributed by atoms with Gasteiger partial charge in [-0.05, 0) is 50.1 Å². The lowest BCUT2D eigenvalue weighted by atomic mass is 10.1. The molecule has 0 saturated carbocycles. The predicted octanol–water partition coefficient (Wildman–Crippen LogP) is 3.43. The number of benzene rings is 1. The van der Waals surface area contributed by atoms with E-state index < -0.39 is 0 Å². The van der Waals surface area contributed by atoms with Crippen molar-refractivity contribution in [1.82, 2.24) is 29.8 Å². The van der Waals surface area contributed by atoms with Gasteiger partial charge in [0.15, 0.2) is 5.82 Å². The Kier molecular flexibility index (Phi) is 6.20. The second-order valence-corrected chi connectivity index (χ2v) is 8.91. The monoisotopic (exact) mass is 464 g/mol. The highest BCUT2D eigenvalue weighted by atomic mass is 35.5. The van der Waals surface area contributed by atoms with Crippen molar-refractivity contribution >= 4 is 22.4 Å². The molecule has 3 aromatic heterocycles. The third kappa shape index (κ3) is 4.82. The summed E-state index contributed by atoms with van der Waals surface area (Å²) >= 11 is 6.04. The van der Waals surface area contributed by atoms with Gasteiger partial charge in [0.25, 0.3) is 5.56 Å². The molecule has 0 N–H and O–H groups in total. The van der Waals surface area contributed by atoms with Gasteiger partial charge < -0.3 is 4.52 Å². The Bertz CT molecular complexity index is 1320. The van der Waals surface area contributed by atoms with E-state index in [1.807, 2.05) is 31.2 Å². The molecule has 0 amide bonds. The van der Waals surface area contributed by atoms with E-state index in [1.165, 1.54) is 0 Å². The van der Waals surface area contributed by atoms with Crippen molar-refractivity contribution in [1.29, 1.82) is 0 Å². The molecule has 1 saturated heterocycles. The largest absolute Gasteiger partial charge is 0.339 e. The van der Waals surface area contributed by atoms with Gasteiger partial charge in [-0.1, -0.05) is 28.9 Å². The molecular formula is C24H25ClN6O2. The van der Waals surface area contributed by atoms with Crippen LogP contribution in [0.25, 0.3) is 10.8 Å². The first-order valence-corrected chi connectivity index (χ1v) is 11.6. The van der Waals surface area contributed by atoms with Crippen molar-refractivity contribution < 1.29 is 4.52 Å². The lowest BCUT2D eigenvalue weighted by molar-refractivity contribution is 0.219. The van der Waals surface area contributed by atoms with E-state index in [0.717, 1.165) is 42.6 Å². The number of aryl methyl sites for hydroxylation is 1. The van der Waals surface area contributed by atoms with Gasteiger partial charge in [-0.3, -0.25) is 14.7 Å². The highest BCUT2D eigenvalue weighted by molar-refractivity contribution is 6.30. The Labute approximate surface area is 196 Å². The SMILES string of the molecule is Cc1noc(CCN2CCCC2Cn2nc(Cc3ccc(Cl)cc3)c3cnccc3c2=O)n1. The molecule has 1 aliphatic heterocycles. The first-order chi connectivity index (χ1) is 16.1. The van der Waals surface area contributed by atoms with Crippen LogP contribution < -0.4 is 5.56 Å². The van der Waals surface area contributed by atoms with Crippen molar-refractivity contribution in [2.75, 3.05) is 13.1 Å². The quantitative estimate of drug-likeness (QED) is 0.414. The minimum absolute atomic E-state index is 0.0772. The second kappa shape index (κ2) is 9.41. The van der Waals surface area contributed by atoms with Crippen molar-refractivity contribution in [3.8, 4) is 0 Å². The van der Waals surface area contributed by atoms with Crippen LogP contribution in [0.3, 0.4) is 0 Å². The Morgan fingerprint density at radius 2 is 2.03 bits per heavy atom. The summed E-state index contributed by atoms with van der Waals surface area (Å²) in [6, 6.07) is 9.73. The number of nitrogens with zero attached hydrogens (tertiary/aromatic N) is 6. The average molecular weight is 465 g/mol. The van der Waals surface area contributed by atoms with Crippen molar-refractivity contribution in [3.63, 3.8) is 0 Å². The zero-order chi connectivity index (χ0) is 22.8. The number of pyridine rings is 1. The van der Waals surface area contributed by atoms with Crippen LogP contribution in [0.5, 0.6) is 0 Å². The fourth-order valence-electron chi connectivity index (χ4n) is 4.52. The summed E-state index contributed by atoms with van der Waals surface area (Å²) in [6.07, 6.45) is 6.81. The van der Waals surface area contributed by atoms with Crippen LogP contribution in [0.4, 0.5) is 0 Å². The van der Waals surface area contributed by atoms with Crippen LogP contribution >= 0.6 is 11.6 Å². The molecule has 5 rings (SSSR count). The fraction of sp³-hybridized carbons (Fsp3) is 0.375. The van der Waals surface area contributed by atoms with E-state index in [-0.39, 0.29) is 11.6 Å². The molecule has 1 aromatic carbocycles. The number of aromatic nitrogens is 5. The summed E-state index contributed by atoms with van der Waals surface area (Å²) in [7, 11) is 0. The number of likely N-dealkylation sites (tertiary alicyclic amines) is 1. The smallest absolute Gasteiger partial charge is 0.274 e. The molecule has 0 radical (unpaired) electrons. The molecule has 1 atom stereocenters. The van der Waals surface area contributed by atoms with E-state index >= 15 is 0 Å². The molecule has 1 fully saturated rings. The highest BCUT2D eigenvalue weighted by Gasteiger charge is 2.26. The number of hydrogen-bond donors (Lipinski definition) is 0. The third-order valence-electron chi connectivity index (χ3n) is 6.19. The highest BCUT2D eigenvalue weighted by Crippen LogP contribution is 2.21. The van der Waals surface area contributed by atoms with Crippen LogP contribution in [0.15, 0.2) is 52.0 Å². The molecule has 9 heteroatoms. The lowest BCUT2D eigenvalue weighted by Gasteiger charge is -2.24. The zero-order valence-corrected chi connectivity index (χ0v) is 19.2. The maximum atomic E-state index is 13.3. The van der Waals surface area contributed by atoms with Crippen LogP contribution in [0.1, 0.15) is 35.8 Å². The van der Waals surface area contributed by atoms with Gasteiger partial charge in [-0.25, -0.2) is 4.68 Å². The van der Waals surface area contributed by atoms with Gasteiger partial charge in [-0.15, -0.1) is 0 Å². The van der Waals surface area contributed by atoms with Gasteiger partial charge in [-0.2, -0.15) is 10.1 Å². The number of hydrogen-bond acceptors (Lipinski definition) is 7. The summed E-state index contributed by atoms with van der Waals surface area (Å²) < 4.78 is 6.89. The molecule has 1 unspecified atom stereocenters. The molecule has 0 spiro atoms. The summed E-state index contributed by atoms with van der Waals surface area (Å²) in [4.78, 5) is 24.2. The summed E-state index contributed by atoms with van der Waals surface area (Å²) in [5.41, 5.74) is 1.84. The average Bonchev–Trinajstić information content (AvgIpc) is 3.45. The minimum atomic E-state index is -0.0772. The molecule has 0 aliphatic carbocycles. The predicted molar refractivity (Wildman–Crippen MR) is 125 cm³/mol. The van der Waals surface area contributed by atoms with E-state index in [1.54, 1.807) is 23.1 Å². The van der Waals surface area contributed by atoms with Gasteiger partial charge in [0.1, 0.15) is 0 Å². The van der Waals surface area contributed by atoms with E-state index in [2.05, 4.69) is 20.0 Å². The standard InChI is InChI=1S/C24H25ClN6O2/c1-16-27-23(33-29-16)9-12-30-11-2-3-19(30)15-31-24(32)20-8-10-26-14-21(20)22(28-31)13-17-4-6-18(25)7-5-17/h4-8,10,14,19H,2-3,9,11-13,15H2,1H3. The normalized spacial score (nSPS) is 16.6. The zero-order valence-electron chi connectivity index (χ0n) is 18.4. The molecule has 8 nitrogen and oxygen atoms in total. The Balaban J connectivity index is 1.40. The molecule has 33 heavy (non-hydrogen) atoms. The van der Waals surface area contributed by atoms with E-state index in [9.17, 15) is 4.79 Å². The van der Waals surface area contributed by atoms with Gasteiger partial charge in [0, 0.05) is 48.2 Å². The van der Waals surface area contributed by atoms with Crippen molar-refractivity contribution in [2.45, 2.75) is 45.2 Å². The fourth-order valence-corrected chi connectivity index (χ4v) is 4.65. The summed E-state index contributed by atoms with van der Waals surface area (Å²) in [5.74, 6) is 1.30. The number of fused-ring (bicyclic) bond motifs is 1. The lowest BCUT2D eigenvalue weighted by Crippen LogP contribution is -2.38. The van der Waals surface area contributed by atoms with Crippen molar-refractivity contribution in [2.24, 2.45) is 0 Å². The maximum absolute atomic E-state index is 13.3. The molecule has 4 aromatic rings. The Hall–Kier alpha value is -3.10. The van der Waals surface area contributed by atoms with Crippen LogP contribution in [0.2, 0.25) is 5.02 Å². The van der Waals surface area contributed by atoms with Crippen LogP contribution in [-0.2, 0) is 19.4 Å². The second-order valence-electron chi connectivity index (χ2n) is 8.48. The van der Waals surface area contributed by atoms with Crippen LogP contribution in [-0.4, -0.2) is 48.9 Å². The van der Waals surface area contributed by atoms with Gasteiger partial charge in [0.05, 0.1) is 17.6 Å². The Morgan fingerprint density at radius 1 is 1.18 bits per heavy atom. The Morgan fingerprint density at radius 3 is 2.82 bits per heavy atom. The first kappa shape index (κ1) is 21.7. The number of rotatable bonds is 7. The molecule has 170 valence electrons. The molecular weight excluding hydrogens is 440 g/mol. The maximum Gasteiger partial charge on any atom is 0.274 e. The topological polar surface area (TPSA) is 89.9 Å². The summed E-state index contributed by atoms with van der Waals surface area (Å²) in [6.45, 7) is 4.17. The van der Waals surface area contributed by atoms with Gasteiger partial charge in [0.2, 0.25) is 5.89 Å². The van der Waals surface area contributed by atoms with E-state index in [4.69, 9.17) is 21.2 Å². The molecule has 0 bridgehead atoms. The van der Waals surface area contributed by atoms with Gasteiger partial charge >= 0.3 is 0 Å². The third-order valence-corrected chi connectivity index (χ3v) is 6.44. The molecule has 4 heterocycles. The summed E-state index contributed by atoms with van der Waals surface area (Å²) in [5, 5.41) is 10.8. The minimum Gasteiger partial charge on any atom is -0.339 e. The molecule has 1 aliphatic rings.